The highest BCUT2D eigenvalue weighted by Gasteiger charge is 2.06. The Morgan fingerprint density at radius 2 is 2.06 bits per heavy atom. The number of thioether (sulfide) groups is 1. The highest BCUT2D eigenvalue weighted by Crippen LogP contribution is 2.24. The second kappa shape index (κ2) is 6.92. The molecule has 2 atom stereocenters. The molecule has 16 heavy (non-hydrogen) atoms. The van der Waals surface area contributed by atoms with Gasteiger partial charge in [-0.2, -0.15) is 0 Å². The van der Waals surface area contributed by atoms with Crippen molar-refractivity contribution in [3.63, 3.8) is 0 Å². The lowest BCUT2D eigenvalue weighted by Gasteiger charge is -2.12. The fourth-order valence-electron chi connectivity index (χ4n) is 1.44. The van der Waals surface area contributed by atoms with Crippen LogP contribution in [-0.2, 0) is 0 Å². The highest BCUT2D eigenvalue weighted by atomic mass is 32.2. The molecule has 1 aromatic rings. The van der Waals surface area contributed by atoms with E-state index in [1.807, 2.05) is 18.0 Å². The molecule has 3 heteroatoms. The minimum absolute atomic E-state index is 0.340. The van der Waals surface area contributed by atoms with Gasteiger partial charge in [0.15, 0.2) is 0 Å². The van der Waals surface area contributed by atoms with Crippen molar-refractivity contribution < 1.29 is 0 Å². The van der Waals surface area contributed by atoms with E-state index >= 15 is 0 Å². The SMILES string of the molecule is CCNC(C)c1ccc(SC(C)CC)cn1. The van der Waals surface area contributed by atoms with Gasteiger partial charge >= 0.3 is 0 Å². The lowest BCUT2D eigenvalue weighted by molar-refractivity contribution is 0.582. The van der Waals surface area contributed by atoms with E-state index < -0.39 is 0 Å². The van der Waals surface area contributed by atoms with Gasteiger partial charge in [-0.3, -0.25) is 4.98 Å². The largest absolute Gasteiger partial charge is 0.309 e. The molecule has 0 aromatic carbocycles. The van der Waals surface area contributed by atoms with E-state index in [0.29, 0.717) is 11.3 Å². The number of rotatable bonds is 6. The van der Waals surface area contributed by atoms with Gasteiger partial charge in [-0.15, -0.1) is 11.8 Å². The summed E-state index contributed by atoms with van der Waals surface area (Å²) in [6.07, 6.45) is 3.18. The van der Waals surface area contributed by atoms with Crippen molar-refractivity contribution in [1.82, 2.24) is 10.3 Å². The van der Waals surface area contributed by atoms with Crippen LogP contribution in [0.25, 0.3) is 0 Å². The minimum atomic E-state index is 0.340. The Balaban J connectivity index is 2.60. The molecule has 0 saturated carbocycles. The van der Waals surface area contributed by atoms with Crippen LogP contribution in [0.4, 0.5) is 0 Å². The molecular formula is C13H22N2S. The third-order valence-electron chi connectivity index (χ3n) is 2.63. The third-order valence-corrected chi connectivity index (χ3v) is 3.87. The molecule has 1 rings (SSSR count). The van der Waals surface area contributed by atoms with Gasteiger partial charge in [0.05, 0.1) is 5.69 Å². The fraction of sp³-hybridized carbons (Fsp3) is 0.615. The predicted molar refractivity (Wildman–Crippen MR) is 71.9 cm³/mol. The molecular weight excluding hydrogens is 216 g/mol. The van der Waals surface area contributed by atoms with Gasteiger partial charge in [0.25, 0.3) is 0 Å². The summed E-state index contributed by atoms with van der Waals surface area (Å²) >= 11 is 1.89. The summed E-state index contributed by atoms with van der Waals surface area (Å²) < 4.78 is 0. The van der Waals surface area contributed by atoms with Crippen molar-refractivity contribution >= 4 is 11.8 Å². The summed E-state index contributed by atoms with van der Waals surface area (Å²) in [7, 11) is 0. The average molecular weight is 238 g/mol. The van der Waals surface area contributed by atoms with Crippen molar-refractivity contribution in [2.24, 2.45) is 0 Å². The van der Waals surface area contributed by atoms with Gasteiger partial charge in [0.1, 0.15) is 0 Å². The Bertz CT molecular complexity index is 297. The topological polar surface area (TPSA) is 24.9 Å². The second-order valence-electron chi connectivity index (χ2n) is 4.03. The maximum Gasteiger partial charge on any atom is 0.0571 e. The third kappa shape index (κ3) is 4.14. The van der Waals surface area contributed by atoms with E-state index in [1.165, 1.54) is 11.3 Å². The summed E-state index contributed by atoms with van der Waals surface area (Å²) in [5.41, 5.74) is 1.12. The summed E-state index contributed by atoms with van der Waals surface area (Å²) in [6, 6.07) is 4.64. The van der Waals surface area contributed by atoms with Crippen LogP contribution in [0.2, 0.25) is 0 Å². The van der Waals surface area contributed by atoms with Crippen LogP contribution in [0.3, 0.4) is 0 Å². The Morgan fingerprint density at radius 1 is 1.31 bits per heavy atom. The number of nitrogens with zero attached hydrogens (tertiary/aromatic N) is 1. The van der Waals surface area contributed by atoms with E-state index in [-0.39, 0.29) is 0 Å². The van der Waals surface area contributed by atoms with Crippen molar-refractivity contribution in [3.8, 4) is 0 Å². The maximum atomic E-state index is 4.50. The molecule has 90 valence electrons. The number of hydrogen-bond acceptors (Lipinski definition) is 3. The molecule has 2 nitrogen and oxygen atoms in total. The molecule has 0 aliphatic heterocycles. The predicted octanol–water partition coefficient (Wildman–Crippen LogP) is 3.64. The van der Waals surface area contributed by atoms with Crippen LogP contribution < -0.4 is 5.32 Å². The number of aromatic nitrogens is 1. The lowest BCUT2D eigenvalue weighted by Crippen LogP contribution is -2.18. The molecule has 1 N–H and O–H groups in total. The molecule has 1 aromatic heterocycles. The summed E-state index contributed by atoms with van der Waals surface area (Å²) in [6.45, 7) is 9.70. The first-order valence-electron chi connectivity index (χ1n) is 6.03. The van der Waals surface area contributed by atoms with Crippen molar-refractivity contribution in [2.75, 3.05) is 6.54 Å². The molecule has 0 spiro atoms. The van der Waals surface area contributed by atoms with E-state index in [9.17, 15) is 0 Å². The molecule has 0 aliphatic carbocycles. The maximum absolute atomic E-state index is 4.50. The quantitative estimate of drug-likeness (QED) is 0.766. The van der Waals surface area contributed by atoms with Gasteiger partial charge in [-0.25, -0.2) is 0 Å². The van der Waals surface area contributed by atoms with Gasteiger partial charge < -0.3 is 5.32 Å². The van der Waals surface area contributed by atoms with Crippen LogP contribution in [0.5, 0.6) is 0 Å². The number of nitrogens with one attached hydrogen (secondary N) is 1. The van der Waals surface area contributed by atoms with Crippen molar-refractivity contribution in [2.45, 2.75) is 50.3 Å². The zero-order valence-corrected chi connectivity index (χ0v) is 11.5. The minimum Gasteiger partial charge on any atom is -0.309 e. The fourth-order valence-corrected chi connectivity index (χ4v) is 2.34. The number of hydrogen-bond donors (Lipinski definition) is 1. The van der Waals surface area contributed by atoms with Crippen molar-refractivity contribution in [1.29, 1.82) is 0 Å². The van der Waals surface area contributed by atoms with Crippen LogP contribution in [0.1, 0.15) is 45.9 Å². The van der Waals surface area contributed by atoms with E-state index in [0.717, 1.165) is 12.2 Å². The summed E-state index contributed by atoms with van der Waals surface area (Å²) in [5.74, 6) is 0. The normalized spacial score (nSPS) is 14.8. The van der Waals surface area contributed by atoms with Gasteiger partial charge in [-0.1, -0.05) is 20.8 Å². The first-order chi connectivity index (χ1) is 7.67. The Labute approximate surface area is 103 Å². The standard InChI is InChI=1S/C13H22N2S/c1-5-10(3)16-12-7-8-13(15-9-12)11(4)14-6-2/h7-11,14H,5-6H2,1-4H3. The average Bonchev–Trinajstić information content (AvgIpc) is 2.30. The zero-order valence-electron chi connectivity index (χ0n) is 10.7. The molecule has 0 saturated heterocycles. The van der Waals surface area contributed by atoms with E-state index in [4.69, 9.17) is 0 Å². The molecule has 0 aliphatic rings. The monoisotopic (exact) mass is 238 g/mol. The molecule has 0 amide bonds. The molecule has 0 radical (unpaired) electrons. The molecule has 2 unspecified atom stereocenters. The molecule has 0 bridgehead atoms. The number of pyridine rings is 1. The lowest BCUT2D eigenvalue weighted by atomic mass is 10.2. The Hall–Kier alpha value is -0.540. The van der Waals surface area contributed by atoms with Gasteiger partial charge in [-0.05, 0) is 32.0 Å². The van der Waals surface area contributed by atoms with Crippen LogP contribution in [0.15, 0.2) is 23.2 Å². The zero-order chi connectivity index (χ0) is 12.0. The summed E-state index contributed by atoms with van der Waals surface area (Å²) in [4.78, 5) is 5.77. The van der Waals surface area contributed by atoms with Crippen LogP contribution in [-0.4, -0.2) is 16.8 Å². The van der Waals surface area contributed by atoms with E-state index in [1.54, 1.807) is 0 Å². The van der Waals surface area contributed by atoms with E-state index in [2.05, 4.69) is 50.1 Å². The molecule has 1 heterocycles. The first kappa shape index (κ1) is 13.5. The van der Waals surface area contributed by atoms with Crippen LogP contribution >= 0.6 is 11.8 Å². The Kier molecular flexibility index (Phi) is 5.85. The van der Waals surface area contributed by atoms with Gasteiger partial charge in [0, 0.05) is 22.4 Å². The highest BCUT2D eigenvalue weighted by molar-refractivity contribution is 7.99. The van der Waals surface area contributed by atoms with Crippen molar-refractivity contribution in [3.05, 3.63) is 24.0 Å². The smallest absolute Gasteiger partial charge is 0.0571 e. The molecule has 0 fully saturated rings. The Morgan fingerprint density at radius 3 is 2.56 bits per heavy atom. The van der Waals surface area contributed by atoms with Crippen LogP contribution in [0, 0.1) is 0 Å². The second-order valence-corrected chi connectivity index (χ2v) is 5.55. The summed E-state index contributed by atoms with van der Waals surface area (Å²) in [5, 5.41) is 4.03. The van der Waals surface area contributed by atoms with Gasteiger partial charge in [0.2, 0.25) is 0 Å². The first-order valence-corrected chi connectivity index (χ1v) is 6.91.